The molecule has 1 rings (SSSR count). The average molecular weight is 354 g/mol. The summed E-state index contributed by atoms with van der Waals surface area (Å²) in [5, 5.41) is 6.86. The molecule has 0 aromatic carbocycles. The Hall–Kier alpha value is -1.89. The molecule has 24 heavy (non-hydrogen) atoms. The van der Waals surface area contributed by atoms with Crippen molar-refractivity contribution in [3.8, 4) is 0 Å². The summed E-state index contributed by atoms with van der Waals surface area (Å²) >= 11 is 1.49. The molecule has 0 saturated heterocycles. The third-order valence-electron chi connectivity index (χ3n) is 3.51. The molecule has 0 bridgehead atoms. The molecule has 0 spiro atoms. The zero-order valence-electron chi connectivity index (χ0n) is 14.8. The van der Waals surface area contributed by atoms with Crippen LogP contribution in [0.5, 0.6) is 0 Å². The smallest absolute Gasteiger partial charge is 0.408 e. The number of ketones is 1. The monoisotopic (exact) mass is 354 g/mol. The van der Waals surface area contributed by atoms with Crippen molar-refractivity contribution in [1.82, 2.24) is 10.6 Å². The van der Waals surface area contributed by atoms with Crippen LogP contribution in [0.15, 0.2) is 17.5 Å². The minimum atomic E-state index is -0.944. The van der Waals surface area contributed by atoms with Crippen molar-refractivity contribution < 1.29 is 19.1 Å². The maximum absolute atomic E-state index is 12.0. The van der Waals surface area contributed by atoms with Crippen molar-refractivity contribution in [1.29, 1.82) is 0 Å². The maximum Gasteiger partial charge on any atom is 0.408 e. The maximum atomic E-state index is 12.0. The predicted octanol–water partition coefficient (Wildman–Crippen LogP) is 2.73. The Kier molecular flexibility index (Phi) is 7.91. The standard InChI is InChI=1S/C17H26N2O4S/c1-10(2)15(11(3)4)23-17(22)19-12(5)14(20)16(21)18-9-13-7-6-8-24-13/h6-8,10-12,15H,9H2,1-5H3,(H,18,21)(H,19,22)/t12-/m0/s1. The van der Waals surface area contributed by atoms with E-state index in [1.807, 2.05) is 45.2 Å². The molecule has 0 fully saturated rings. The van der Waals surface area contributed by atoms with Crippen LogP contribution in [0.1, 0.15) is 39.5 Å². The van der Waals surface area contributed by atoms with Crippen molar-refractivity contribution in [2.24, 2.45) is 11.8 Å². The van der Waals surface area contributed by atoms with E-state index in [2.05, 4.69) is 10.6 Å². The van der Waals surface area contributed by atoms with Gasteiger partial charge in [0.25, 0.3) is 5.91 Å². The number of nitrogens with one attached hydrogen (secondary N) is 2. The third kappa shape index (κ3) is 6.31. The molecular weight excluding hydrogens is 328 g/mol. The summed E-state index contributed by atoms with van der Waals surface area (Å²) in [5.74, 6) is -1.10. The molecule has 6 nitrogen and oxygen atoms in total. The number of rotatable bonds is 8. The van der Waals surface area contributed by atoms with Crippen LogP contribution in [0.2, 0.25) is 0 Å². The lowest BCUT2D eigenvalue weighted by atomic mass is 9.96. The first-order valence-electron chi connectivity index (χ1n) is 8.04. The summed E-state index contributed by atoms with van der Waals surface area (Å²) in [6.45, 7) is 9.61. The van der Waals surface area contributed by atoms with Gasteiger partial charge in [-0.1, -0.05) is 33.8 Å². The van der Waals surface area contributed by atoms with Gasteiger partial charge in [-0.05, 0) is 30.2 Å². The zero-order chi connectivity index (χ0) is 18.3. The number of Topliss-reactive ketones (excluding diaryl/α,β-unsaturated/α-hetero) is 1. The van der Waals surface area contributed by atoms with Crippen molar-refractivity contribution in [3.63, 3.8) is 0 Å². The van der Waals surface area contributed by atoms with E-state index in [9.17, 15) is 14.4 Å². The van der Waals surface area contributed by atoms with Crippen molar-refractivity contribution >= 4 is 29.1 Å². The highest BCUT2D eigenvalue weighted by Crippen LogP contribution is 2.16. The number of alkyl carbamates (subject to hydrolysis) is 1. The lowest BCUT2D eigenvalue weighted by Gasteiger charge is -2.25. The number of hydrogen-bond donors (Lipinski definition) is 2. The molecule has 1 heterocycles. The molecule has 0 aliphatic heterocycles. The second kappa shape index (κ2) is 9.42. The first-order chi connectivity index (χ1) is 11.2. The fourth-order valence-corrected chi connectivity index (χ4v) is 2.95. The summed E-state index contributed by atoms with van der Waals surface area (Å²) in [6, 6.07) is 2.79. The number of hydrogen-bond acceptors (Lipinski definition) is 5. The molecule has 0 saturated carbocycles. The summed E-state index contributed by atoms with van der Waals surface area (Å²) in [5.41, 5.74) is 0. The van der Waals surface area contributed by atoms with E-state index in [4.69, 9.17) is 4.74 Å². The average Bonchev–Trinajstić information content (AvgIpc) is 3.02. The van der Waals surface area contributed by atoms with Gasteiger partial charge >= 0.3 is 6.09 Å². The van der Waals surface area contributed by atoms with Crippen LogP contribution in [0.3, 0.4) is 0 Å². The second-order valence-electron chi connectivity index (χ2n) is 6.35. The van der Waals surface area contributed by atoms with Crippen LogP contribution in [-0.2, 0) is 20.9 Å². The molecule has 0 unspecified atom stereocenters. The van der Waals surface area contributed by atoms with Gasteiger partial charge < -0.3 is 15.4 Å². The van der Waals surface area contributed by atoms with Gasteiger partial charge in [-0.3, -0.25) is 9.59 Å². The van der Waals surface area contributed by atoms with E-state index < -0.39 is 23.8 Å². The zero-order valence-corrected chi connectivity index (χ0v) is 15.6. The van der Waals surface area contributed by atoms with Crippen molar-refractivity contribution in [2.45, 2.75) is 53.3 Å². The highest BCUT2D eigenvalue weighted by atomic mass is 32.1. The minimum absolute atomic E-state index is 0.163. The number of amides is 2. The molecule has 7 heteroatoms. The summed E-state index contributed by atoms with van der Waals surface area (Å²) < 4.78 is 5.36. The van der Waals surface area contributed by atoms with Gasteiger partial charge in [0.15, 0.2) is 0 Å². The lowest BCUT2D eigenvalue weighted by molar-refractivity contribution is -0.138. The Labute approximate surface area is 147 Å². The van der Waals surface area contributed by atoms with Gasteiger partial charge in [0.2, 0.25) is 5.78 Å². The Morgan fingerprint density at radius 1 is 1.12 bits per heavy atom. The molecule has 1 aromatic rings. The topological polar surface area (TPSA) is 84.5 Å². The van der Waals surface area contributed by atoms with Crippen molar-refractivity contribution in [3.05, 3.63) is 22.4 Å². The number of thiophene rings is 1. The number of carbonyl (C=O) groups excluding carboxylic acids is 3. The van der Waals surface area contributed by atoms with Crippen molar-refractivity contribution in [2.75, 3.05) is 0 Å². The van der Waals surface area contributed by atoms with Crippen LogP contribution in [0, 0.1) is 11.8 Å². The molecular formula is C17H26N2O4S. The van der Waals surface area contributed by atoms with E-state index in [1.54, 1.807) is 0 Å². The fourth-order valence-electron chi connectivity index (χ4n) is 2.31. The Balaban J connectivity index is 2.47. The molecule has 1 atom stereocenters. The Bertz CT molecular complexity index is 547. The van der Waals surface area contributed by atoms with Gasteiger partial charge in [0, 0.05) is 4.88 Å². The van der Waals surface area contributed by atoms with Crippen LogP contribution in [0.25, 0.3) is 0 Å². The first kappa shape index (κ1) is 20.2. The van der Waals surface area contributed by atoms with Crippen LogP contribution < -0.4 is 10.6 Å². The number of ether oxygens (including phenoxy) is 1. The first-order valence-corrected chi connectivity index (χ1v) is 8.91. The van der Waals surface area contributed by atoms with E-state index in [0.29, 0.717) is 6.54 Å². The van der Waals surface area contributed by atoms with E-state index in [1.165, 1.54) is 18.3 Å². The van der Waals surface area contributed by atoms with E-state index in [0.717, 1.165) is 4.88 Å². The van der Waals surface area contributed by atoms with Gasteiger partial charge in [-0.2, -0.15) is 0 Å². The van der Waals surface area contributed by atoms with E-state index >= 15 is 0 Å². The molecule has 1 aromatic heterocycles. The third-order valence-corrected chi connectivity index (χ3v) is 4.39. The highest BCUT2D eigenvalue weighted by molar-refractivity contribution is 7.09. The molecule has 0 radical (unpaired) electrons. The normalized spacial score (nSPS) is 12.3. The van der Waals surface area contributed by atoms with Gasteiger partial charge in [-0.15, -0.1) is 11.3 Å². The molecule has 2 N–H and O–H groups in total. The minimum Gasteiger partial charge on any atom is -0.446 e. The lowest BCUT2D eigenvalue weighted by Crippen LogP contribution is -2.47. The molecule has 0 aliphatic rings. The fraction of sp³-hybridized carbons (Fsp3) is 0.588. The van der Waals surface area contributed by atoms with Gasteiger partial charge in [0.05, 0.1) is 12.6 Å². The Morgan fingerprint density at radius 3 is 2.25 bits per heavy atom. The largest absolute Gasteiger partial charge is 0.446 e. The molecule has 2 amide bonds. The SMILES string of the molecule is CC(C)C(OC(=O)N[C@@H](C)C(=O)C(=O)NCc1cccs1)C(C)C. The summed E-state index contributed by atoms with van der Waals surface area (Å²) in [4.78, 5) is 36.7. The van der Waals surface area contributed by atoms with Crippen LogP contribution in [-0.4, -0.2) is 29.9 Å². The van der Waals surface area contributed by atoms with Crippen LogP contribution >= 0.6 is 11.3 Å². The summed E-state index contributed by atoms with van der Waals surface area (Å²) in [7, 11) is 0. The Morgan fingerprint density at radius 2 is 1.75 bits per heavy atom. The van der Waals surface area contributed by atoms with Gasteiger partial charge in [0.1, 0.15) is 6.10 Å². The van der Waals surface area contributed by atoms with Crippen LogP contribution in [0.4, 0.5) is 4.79 Å². The van der Waals surface area contributed by atoms with Gasteiger partial charge in [-0.25, -0.2) is 4.79 Å². The molecule has 134 valence electrons. The summed E-state index contributed by atoms with van der Waals surface area (Å²) in [6.07, 6.45) is -0.936. The van der Waals surface area contributed by atoms with E-state index in [-0.39, 0.29) is 17.9 Å². The number of carbonyl (C=O) groups is 3. The highest BCUT2D eigenvalue weighted by Gasteiger charge is 2.26. The predicted molar refractivity (Wildman–Crippen MR) is 93.7 cm³/mol. The second-order valence-corrected chi connectivity index (χ2v) is 7.38. The quantitative estimate of drug-likeness (QED) is 0.703. The molecule has 0 aliphatic carbocycles.